The van der Waals surface area contributed by atoms with Gasteiger partial charge >= 0.3 is 0 Å². The topological polar surface area (TPSA) is 63.4 Å². The van der Waals surface area contributed by atoms with E-state index in [0.717, 1.165) is 43.2 Å². The molecule has 1 N–H and O–H groups in total. The third-order valence-electron chi connectivity index (χ3n) is 4.15. The lowest BCUT2D eigenvalue weighted by Crippen LogP contribution is -2.21. The SMILES string of the molecule is Cc1nn(C)c(Oc2cccnc2)c1CN1CCC(CO)C1. The summed E-state index contributed by atoms with van der Waals surface area (Å²) in [6.45, 7) is 5.00. The number of hydrogen-bond acceptors (Lipinski definition) is 5. The van der Waals surface area contributed by atoms with Gasteiger partial charge in [0, 0.05) is 32.9 Å². The monoisotopic (exact) mass is 302 g/mol. The van der Waals surface area contributed by atoms with Crippen molar-refractivity contribution in [2.45, 2.75) is 19.9 Å². The molecule has 3 rings (SSSR count). The van der Waals surface area contributed by atoms with Crippen molar-refractivity contribution in [2.75, 3.05) is 19.7 Å². The average molecular weight is 302 g/mol. The number of ether oxygens (including phenoxy) is 1. The molecule has 6 heteroatoms. The predicted octanol–water partition coefficient (Wildman–Crippen LogP) is 1.73. The number of nitrogens with zero attached hydrogens (tertiary/aromatic N) is 4. The van der Waals surface area contributed by atoms with Gasteiger partial charge in [-0.25, -0.2) is 4.68 Å². The molecule has 1 unspecified atom stereocenters. The molecule has 0 spiro atoms. The van der Waals surface area contributed by atoms with Crippen molar-refractivity contribution in [1.82, 2.24) is 19.7 Å². The van der Waals surface area contributed by atoms with Crippen molar-refractivity contribution in [3.05, 3.63) is 35.8 Å². The van der Waals surface area contributed by atoms with Gasteiger partial charge in [0.1, 0.15) is 5.75 Å². The normalized spacial score (nSPS) is 18.8. The first-order valence-corrected chi connectivity index (χ1v) is 7.61. The molecule has 2 aromatic rings. The first kappa shape index (κ1) is 15.0. The van der Waals surface area contributed by atoms with Gasteiger partial charge in [0.2, 0.25) is 5.88 Å². The Kier molecular flexibility index (Phi) is 4.40. The number of aryl methyl sites for hydroxylation is 2. The average Bonchev–Trinajstić information content (AvgIpc) is 3.08. The van der Waals surface area contributed by atoms with Crippen LogP contribution in [0.25, 0.3) is 0 Å². The molecule has 6 nitrogen and oxygen atoms in total. The van der Waals surface area contributed by atoms with Crippen LogP contribution >= 0.6 is 0 Å². The van der Waals surface area contributed by atoms with Gasteiger partial charge in [0.25, 0.3) is 0 Å². The summed E-state index contributed by atoms with van der Waals surface area (Å²) in [6, 6.07) is 3.74. The van der Waals surface area contributed by atoms with Gasteiger partial charge in [-0.15, -0.1) is 0 Å². The van der Waals surface area contributed by atoms with Crippen LogP contribution in [0.2, 0.25) is 0 Å². The highest BCUT2D eigenvalue weighted by molar-refractivity contribution is 5.34. The van der Waals surface area contributed by atoms with Crippen LogP contribution in [0.1, 0.15) is 17.7 Å². The predicted molar refractivity (Wildman–Crippen MR) is 82.7 cm³/mol. The second-order valence-corrected chi connectivity index (χ2v) is 5.86. The first-order chi connectivity index (χ1) is 10.7. The van der Waals surface area contributed by atoms with Crippen molar-refractivity contribution >= 4 is 0 Å². The largest absolute Gasteiger partial charge is 0.437 e. The van der Waals surface area contributed by atoms with Crippen molar-refractivity contribution < 1.29 is 9.84 Å². The summed E-state index contributed by atoms with van der Waals surface area (Å²) >= 11 is 0. The molecule has 1 aliphatic rings. The summed E-state index contributed by atoms with van der Waals surface area (Å²) in [7, 11) is 1.89. The van der Waals surface area contributed by atoms with Gasteiger partial charge in [-0.1, -0.05) is 0 Å². The fourth-order valence-corrected chi connectivity index (χ4v) is 2.94. The van der Waals surface area contributed by atoms with Crippen LogP contribution in [-0.2, 0) is 13.6 Å². The number of aromatic nitrogens is 3. The Labute approximate surface area is 130 Å². The highest BCUT2D eigenvalue weighted by Gasteiger charge is 2.25. The van der Waals surface area contributed by atoms with Gasteiger partial charge in [-0.2, -0.15) is 5.10 Å². The number of rotatable bonds is 5. The van der Waals surface area contributed by atoms with Crippen molar-refractivity contribution in [3.63, 3.8) is 0 Å². The zero-order chi connectivity index (χ0) is 15.5. The lowest BCUT2D eigenvalue weighted by Gasteiger charge is -2.16. The zero-order valence-corrected chi connectivity index (χ0v) is 13.1. The van der Waals surface area contributed by atoms with Crippen molar-refractivity contribution in [3.8, 4) is 11.6 Å². The van der Waals surface area contributed by atoms with E-state index in [0.29, 0.717) is 11.7 Å². The van der Waals surface area contributed by atoms with Gasteiger partial charge in [0.15, 0.2) is 0 Å². The Balaban J connectivity index is 1.79. The number of pyridine rings is 1. The zero-order valence-electron chi connectivity index (χ0n) is 13.1. The molecule has 2 aromatic heterocycles. The minimum atomic E-state index is 0.265. The van der Waals surface area contributed by atoms with Crippen LogP contribution in [0.3, 0.4) is 0 Å². The second kappa shape index (κ2) is 6.46. The van der Waals surface area contributed by atoms with Gasteiger partial charge < -0.3 is 9.84 Å². The van der Waals surface area contributed by atoms with Gasteiger partial charge in [-0.05, 0) is 37.9 Å². The van der Waals surface area contributed by atoms with E-state index in [-0.39, 0.29) is 6.61 Å². The molecular weight excluding hydrogens is 280 g/mol. The Bertz CT molecular complexity index is 627. The third-order valence-corrected chi connectivity index (χ3v) is 4.15. The lowest BCUT2D eigenvalue weighted by atomic mass is 10.1. The Morgan fingerprint density at radius 1 is 1.45 bits per heavy atom. The maximum Gasteiger partial charge on any atom is 0.222 e. The van der Waals surface area contributed by atoms with Gasteiger partial charge in [0.05, 0.1) is 17.5 Å². The molecule has 1 aliphatic heterocycles. The van der Waals surface area contributed by atoms with E-state index in [4.69, 9.17) is 4.74 Å². The molecule has 0 radical (unpaired) electrons. The standard InChI is InChI=1S/C16H22N4O2/c1-12-15(10-20-7-5-13(9-20)11-21)16(19(2)18-12)22-14-4-3-6-17-8-14/h3-4,6,8,13,21H,5,7,9-11H2,1-2H3. The minimum absolute atomic E-state index is 0.265. The van der Waals surface area contributed by atoms with E-state index >= 15 is 0 Å². The van der Waals surface area contributed by atoms with Crippen LogP contribution in [0.15, 0.2) is 24.5 Å². The van der Waals surface area contributed by atoms with Gasteiger partial charge in [-0.3, -0.25) is 9.88 Å². The maximum atomic E-state index is 9.28. The van der Waals surface area contributed by atoms with Crippen LogP contribution < -0.4 is 4.74 Å². The fraction of sp³-hybridized carbons (Fsp3) is 0.500. The molecule has 0 bridgehead atoms. The number of aliphatic hydroxyl groups excluding tert-OH is 1. The molecule has 0 amide bonds. The summed E-state index contributed by atoms with van der Waals surface area (Å²) in [6.07, 6.45) is 4.47. The molecule has 22 heavy (non-hydrogen) atoms. The summed E-state index contributed by atoms with van der Waals surface area (Å²) in [4.78, 5) is 6.43. The highest BCUT2D eigenvalue weighted by atomic mass is 16.5. The molecule has 1 fully saturated rings. The number of hydrogen-bond donors (Lipinski definition) is 1. The molecule has 1 saturated heterocycles. The van der Waals surface area contributed by atoms with Crippen LogP contribution in [0, 0.1) is 12.8 Å². The first-order valence-electron chi connectivity index (χ1n) is 7.61. The van der Waals surface area contributed by atoms with E-state index in [1.807, 2.05) is 26.1 Å². The van der Waals surface area contributed by atoms with E-state index < -0.39 is 0 Å². The minimum Gasteiger partial charge on any atom is -0.437 e. The number of aliphatic hydroxyl groups is 1. The van der Waals surface area contributed by atoms with E-state index in [1.165, 1.54) is 0 Å². The summed E-state index contributed by atoms with van der Waals surface area (Å²) in [5.74, 6) is 1.86. The van der Waals surface area contributed by atoms with Crippen LogP contribution in [0.4, 0.5) is 0 Å². The van der Waals surface area contributed by atoms with Crippen molar-refractivity contribution in [2.24, 2.45) is 13.0 Å². The summed E-state index contributed by atoms with van der Waals surface area (Å²) < 4.78 is 7.76. The molecule has 118 valence electrons. The molecular formula is C16H22N4O2. The summed E-state index contributed by atoms with van der Waals surface area (Å²) in [5.41, 5.74) is 2.08. The molecule has 0 aliphatic carbocycles. The number of likely N-dealkylation sites (tertiary alicyclic amines) is 1. The molecule has 0 saturated carbocycles. The quantitative estimate of drug-likeness (QED) is 0.911. The van der Waals surface area contributed by atoms with E-state index in [2.05, 4.69) is 15.0 Å². The second-order valence-electron chi connectivity index (χ2n) is 5.86. The summed E-state index contributed by atoms with van der Waals surface area (Å²) in [5, 5.41) is 13.8. The highest BCUT2D eigenvalue weighted by Crippen LogP contribution is 2.29. The van der Waals surface area contributed by atoms with Crippen LogP contribution in [-0.4, -0.2) is 44.5 Å². The Morgan fingerprint density at radius 3 is 3.00 bits per heavy atom. The Morgan fingerprint density at radius 2 is 2.32 bits per heavy atom. The Hall–Kier alpha value is -1.92. The smallest absolute Gasteiger partial charge is 0.222 e. The van der Waals surface area contributed by atoms with Crippen LogP contribution in [0.5, 0.6) is 11.6 Å². The van der Waals surface area contributed by atoms with Crippen molar-refractivity contribution in [1.29, 1.82) is 0 Å². The third kappa shape index (κ3) is 3.13. The molecule has 1 atom stereocenters. The maximum absolute atomic E-state index is 9.28. The van der Waals surface area contributed by atoms with E-state index in [9.17, 15) is 5.11 Å². The fourth-order valence-electron chi connectivity index (χ4n) is 2.94. The molecule has 3 heterocycles. The van der Waals surface area contributed by atoms with E-state index in [1.54, 1.807) is 17.1 Å². The lowest BCUT2D eigenvalue weighted by molar-refractivity contribution is 0.219. The molecule has 0 aromatic carbocycles.